The molecule has 134 valence electrons. The number of carbonyl (C=O) groups is 2. The Kier molecular flexibility index (Phi) is 5.75. The SMILES string of the molecule is Cc1ccc(C(=O)N=C2C(Cl)=C(Cl)C(=O)[C@@](Cl)(C(C)(C)C)[C@H]2Cl)cc1. The first-order valence-electron chi connectivity index (χ1n) is 7.54. The van der Waals surface area contributed by atoms with Crippen LogP contribution in [0.1, 0.15) is 36.7 Å². The molecule has 0 aromatic heterocycles. The summed E-state index contributed by atoms with van der Waals surface area (Å²) >= 11 is 25.3. The van der Waals surface area contributed by atoms with E-state index < -0.39 is 27.4 Å². The van der Waals surface area contributed by atoms with Crippen LogP contribution in [0.2, 0.25) is 0 Å². The van der Waals surface area contributed by atoms with E-state index >= 15 is 0 Å². The topological polar surface area (TPSA) is 46.5 Å². The zero-order valence-corrected chi connectivity index (χ0v) is 17.2. The summed E-state index contributed by atoms with van der Waals surface area (Å²) in [5.41, 5.74) is 0.638. The number of Topliss-reactive ketones (excluding diaryl/α,β-unsaturated/α-hetero) is 1. The molecule has 1 aromatic rings. The van der Waals surface area contributed by atoms with E-state index in [1.54, 1.807) is 45.0 Å². The fourth-order valence-electron chi connectivity index (χ4n) is 2.48. The maximum atomic E-state index is 12.6. The number of aryl methyl sites for hydroxylation is 1. The summed E-state index contributed by atoms with van der Waals surface area (Å²) in [6, 6.07) is 6.88. The number of carbonyl (C=O) groups excluding carboxylic acids is 2. The maximum Gasteiger partial charge on any atom is 0.277 e. The molecule has 1 aromatic carbocycles. The standard InChI is InChI=1S/C18H17Cl4NO2/c1-9-5-7-10(8-6-9)16(25)23-13-11(19)12(20)15(24)18(22,14(13)21)17(2,3)4/h5-8,14H,1-4H3/t14-,18+/m0/s1. The third-order valence-electron chi connectivity index (χ3n) is 4.15. The highest BCUT2D eigenvalue weighted by atomic mass is 35.5. The number of halogens is 4. The number of nitrogens with zero attached hydrogens (tertiary/aromatic N) is 1. The molecule has 0 aliphatic heterocycles. The second-order valence-corrected chi connectivity index (χ2v) is 8.74. The van der Waals surface area contributed by atoms with Gasteiger partial charge in [-0.1, -0.05) is 61.7 Å². The molecule has 0 radical (unpaired) electrons. The van der Waals surface area contributed by atoms with Gasteiger partial charge in [-0.2, -0.15) is 0 Å². The van der Waals surface area contributed by atoms with Crippen molar-refractivity contribution in [3.63, 3.8) is 0 Å². The first kappa shape index (κ1) is 20.4. The molecule has 0 spiro atoms. The quantitative estimate of drug-likeness (QED) is 0.564. The van der Waals surface area contributed by atoms with Crippen LogP contribution < -0.4 is 0 Å². The van der Waals surface area contributed by atoms with Crippen LogP contribution in [0.4, 0.5) is 0 Å². The molecule has 3 nitrogen and oxygen atoms in total. The Morgan fingerprint density at radius 2 is 1.64 bits per heavy atom. The van der Waals surface area contributed by atoms with Crippen molar-refractivity contribution >= 4 is 63.8 Å². The zero-order valence-electron chi connectivity index (χ0n) is 14.2. The van der Waals surface area contributed by atoms with E-state index in [0.717, 1.165) is 5.56 Å². The van der Waals surface area contributed by atoms with Gasteiger partial charge >= 0.3 is 0 Å². The molecule has 25 heavy (non-hydrogen) atoms. The maximum absolute atomic E-state index is 12.6. The molecule has 1 amide bonds. The Hall–Kier alpha value is -0.870. The van der Waals surface area contributed by atoms with E-state index in [2.05, 4.69) is 4.99 Å². The van der Waals surface area contributed by atoms with Crippen molar-refractivity contribution < 1.29 is 9.59 Å². The van der Waals surface area contributed by atoms with Crippen molar-refractivity contribution in [2.24, 2.45) is 10.4 Å². The average molecular weight is 421 g/mol. The summed E-state index contributed by atoms with van der Waals surface area (Å²) in [6.07, 6.45) is 0. The normalized spacial score (nSPS) is 26.3. The van der Waals surface area contributed by atoms with Crippen molar-refractivity contribution in [1.29, 1.82) is 0 Å². The second-order valence-electron chi connectivity index (χ2n) is 6.95. The molecule has 0 saturated carbocycles. The van der Waals surface area contributed by atoms with Crippen molar-refractivity contribution in [2.75, 3.05) is 0 Å². The molecule has 1 aliphatic rings. The van der Waals surface area contributed by atoms with Gasteiger partial charge in [0.15, 0.2) is 5.78 Å². The zero-order chi connectivity index (χ0) is 19.2. The fourth-order valence-corrected chi connectivity index (χ4v) is 3.85. The van der Waals surface area contributed by atoms with Gasteiger partial charge in [0, 0.05) is 5.56 Å². The third-order valence-corrected chi connectivity index (χ3v) is 6.59. The van der Waals surface area contributed by atoms with E-state index in [4.69, 9.17) is 46.4 Å². The largest absolute Gasteiger partial charge is 0.291 e. The van der Waals surface area contributed by atoms with Gasteiger partial charge in [-0.25, -0.2) is 4.99 Å². The lowest BCUT2D eigenvalue weighted by atomic mass is 9.71. The molecule has 7 heteroatoms. The Bertz CT molecular complexity index is 790. The number of hydrogen-bond donors (Lipinski definition) is 0. The molecule has 2 atom stereocenters. The number of allylic oxidation sites excluding steroid dienone is 2. The van der Waals surface area contributed by atoms with Crippen LogP contribution in [0.5, 0.6) is 0 Å². The highest BCUT2D eigenvalue weighted by Crippen LogP contribution is 2.49. The van der Waals surface area contributed by atoms with Crippen molar-refractivity contribution in [2.45, 2.75) is 37.9 Å². The van der Waals surface area contributed by atoms with Crippen molar-refractivity contribution in [1.82, 2.24) is 0 Å². The van der Waals surface area contributed by atoms with E-state index in [9.17, 15) is 9.59 Å². The predicted octanol–water partition coefficient (Wildman–Crippen LogP) is 5.48. The number of hydrogen-bond acceptors (Lipinski definition) is 2. The first-order valence-corrected chi connectivity index (χ1v) is 9.11. The first-order chi connectivity index (χ1) is 11.4. The van der Waals surface area contributed by atoms with Crippen LogP contribution in [0, 0.1) is 12.3 Å². The number of rotatable bonds is 1. The summed E-state index contributed by atoms with van der Waals surface area (Å²) in [6.45, 7) is 7.19. The molecular formula is C18H17Cl4NO2. The molecular weight excluding hydrogens is 404 g/mol. The Morgan fingerprint density at radius 1 is 1.12 bits per heavy atom. The molecule has 1 aliphatic carbocycles. The van der Waals surface area contributed by atoms with Crippen LogP contribution in [0.3, 0.4) is 0 Å². The van der Waals surface area contributed by atoms with E-state index in [-0.39, 0.29) is 15.8 Å². The summed E-state index contributed by atoms with van der Waals surface area (Å²) in [4.78, 5) is 27.5. The molecule has 0 bridgehead atoms. The fraction of sp³-hybridized carbons (Fsp3) is 0.389. The minimum atomic E-state index is -1.57. The summed E-state index contributed by atoms with van der Waals surface area (Å²) in [5.74, 6) is -1.11. The van der Waals surface area contributed by atoms with Gasteiger partial charge in [-0.3, -0.25) is 9.59 Å². The minimum absolute atomic E-state index is 0.00318. The van der Waals surface area contributed by atoms with Gasteiger partial charge in [0.25, 0.3) is 5.91 Å². The van der Waals surface area contributed by atoms with Crippen LogP contribution >= 0.6 is 46.4 Å². The number of benzene rings is 1. The lowest BCUT2D eigenvalue weighted by Crippen LogP contribution is -2.57. The van der Waals surface area contributed by atoms with Gasteiger partial charge in [-0.05, 0) is 24.5 Å². The molecule has 0 N–H and O–H groups in total. The van der Waals surface area contributed by atoms with Gasteiger partial charge in [0.2, 0.25) is 0 Å². The van der Waals surface area contributed by atoms with E-state index in [1.807, 2.05) is 6.92 Å². The van der Waals surface area contributed by atoms with Crippen LogP contribution in [-0.4, -0.2) is 27.7 Å². The Labute approximate surface area is 167 Å². The highest BCUT2D eigenvalue weighted by molar-refractivity contribution is 6.65. The van der Waals surface area contributed by atoms with E-state index in [1.165, 1.54) is 0 Å². The van der Waals surface area contributed by atoms with Crippen LogP contribution in [-0.2, 0) is 4.79 Å². The highest BCUT2D eigenvalue weighted by Gasteiger charge is 2.58. The van der Waals surface area contributed by atoms with Crippen molar-refractivity contribution in [3.05, 3.63) is 45.5 Å². The lowest BCUT2D eigenvalue weighted by Gasteiger charge is -2.43. The van der Waals surface area contributed by atoms with Crippen molar-refractivity contribution in [3.8, 4) is 0 Å². The summed E-state index contributed by atoms with van der Waals surface area (Å²) < 4.78 is 0. The number of amides is 1. The van der Waals surface area contributed by atoms with Gasteiger partial charge < -0.3 is 0 Å². The molecule has 0 fully saturated rings. The number of alkyl halides is 2. The monoisotopic (exact) mass is 419 g/mol. The number of ketones is 1. The lowest BCUT2D eigenvalue weighted by molar-refractivity contribution is -0.119. The van der Waals surface area contributed by atoms with Gasteiger partial charge in [-0.15, -0.1) is 23.2 Å². The Morgan fingerprint density at radius 3 is 2.12 bits per heavy atom. The molecule has 2 rings (SSSR count). The van der Waals surface area contributed by atoms with Crippen LogP contribution in [0.15, 0.2) is 39.3 Å². The second kappa shape index (κ2) is 7.03. The van der Waals surface area contributed by atoms with E-state index in [0.29, 0.717) is 5.56 Å². The molecule has 0 unspecified atom stereocenters. The number of aliphatic imine (C=N–C) groups is 1. The molecule has 0 heterocycles. The molecule has 0 saturated heterocycles. The summed E-state index contributed by atoms with van der Waals surface area (Å²) in [7, 11) is 0. The summed E-state index contributed by atoms with van der Waals surface area (Å²) in [5, 5.41) is -1.52. The smallest absolute Gasteiger partial charge is 0.277 e. The predicted molar refractivity (Wildman–Crippen MR) is 104 cm³/mol. The Balaban J connectivity index is 2.57. The average Bonchev–Trinajstić information content (AvgIpc) is 2.54. The minimum Gasteiger partial charge on any atom is -0.291 e. The van der Waals surface area contributed by atoms with Gasteiger partial charge in [0.05, 0.1) is 10.7 Å². The van der Waals surface area contributed by atoms with Gasteiger partial charge in [0.1, 0.15) is 15.3 Å². The third kappa shape index (κ3) is 3.52. The van der Waals surface area contributed by atoms with Crippen LogP contribution in [0.25, 0.3) is 0 Å².